The fourth-order valence-corrected chi connectivity index (χ4v) is 3.30. The molecule has 0 spiro atoms. The summed E-state index contributed by atoms with van der Waals surface area (Å²) >= 11 is 0. The zero-order valence-electron chi connectivity index (χ0n) is 15.0. The summed E-state index contributed by atoms with van der Waals surface area (Å²) in [7, 11) is 1.59. The quantitative estimate of drug-likeness (QED) is 0.900. The Morgan fingerprint density at radius 1 is 1.08 bits per heavy atom. The minimum Gasteiger partial charge on any atom is -0.504 e. The van der Waals surface area contributed by atoms with E-state index >= 15 is 0 Å². The normalized spacial score (nSPS) is 15.7. The van der Waals surface area contributed by atoms with Gasteiger partial charge in [-0.25, -0.2) is 0 Å². The van der Waals surface area contributed by atoms with E-state index in [-0.39, 0.29) is 5.75 Å². The first-order valence-corrected chi connectivity index (χ1v) is 8.76. The van der Waals surface area contributed by atoms with Gasteiger partial charge in [-0.05, 0) is 36.8 Å². The van der Waals surface area contributed by atoms with Crippen molar-refractivity contribution < 1.29 is 9.84 Å². The Morgan fingerprint density at radius 3 is 2.44 bits per heavy atom. The second kappa shape index (κ2) is 8.08. The number of nitrogens with zero attached hydrogens (tertiary/aromatic N) is 2. The molecular weight excluding hydrogens is 312 g/mol. The van der Waals surface area contributed by atoms with Crippen LogP contribution in [-0.2, 0) is 6.54 Å². The minimum atomic E-state index is 0.251. The second-order valence-electron chi connectivity index (χ2n) is 6.33. The van der Waals surface area contributed by atoms with Crippen LogP contribution in [0.4, 0.5) is 5.69 Å². The Kier molecular flexibility index (Phi) is 5.61. The van der Waals surface area contributed by atoms with Crippen molar-refractivity contribution >= 4 is 11.8 Å². The van der Waals surface area contributed by atoms with Crippen LogP contribution in [0.3, 0.4) is 0 Å². The van der Waals surface area contributed by atoms with Gasteiger partial charge in [0.2, 0.25) is 0 Å². The van der Waals surface area contributed by atoms with Crippen molar-refractivity contribution in [3.63, 3.8) is 0 Å². The Morgan fingerprint density at radius 2 is 1.80 bits per heavy atom. The highest BCUT2D eigenvalue weighted by molar-refractivity contribution is 5.58. The predicted octanol–water partition coefficient (Wildman–Crippen LogP) is 3.76. The molecule has 3 rings (SSSR count). The van der Waals surface area contributed by atoms with Gasteiger partial charge in [0.1, 0.15) is 0 Å². The van der Waals surface area contributed by atoms with Crippen LogP contribution in [-0.4, -0.2) is 43.3 Å². The maximum atomic E-state index is 10.5. The molecule has 2 aromatic rings. The van der Waals surface area contributed by atoms with Crippen molar-refractivity contribution in [1.82, 2.24) is 4.90 Å². The number of hydrogen-bond donors (Lipinski definition) is 1. The number of aromatic hydroxyl groups is 1. The largest absolute Gasteiger partial charge is 0.504 e. The van der Waals surface area contributed by atoms with Crippen molar-refractivity contribution in [2.75, 3.05) is 38.2 Å². The Hall–Kier alpha value is -2.46. The highest BCUT2D eigenvalue weighted by Crippen LogP contribution is 2.33. The van der Waals surface area contributed by atoms with Crippen LogP contribution in [0.25, 0.3) is 6.08 Å². The minimum absolute atomic E-state index is 0.251. The molecule has 0 amide bonds. The third-order valence-electron chi connectivity index (χ3n) is 4.64. The molecule has 0 radical (unpaired) electrons. The third-order valence-corrected chi connectivity index (χ3v) is 4.64. The zero-order chi connectivity index (χ0) is 17.6. The molecule has 1 aliphatic heterocycles. The van der Waals surface area contributed by atoms with Crippen LogP contribution in [0.15, 0.2) is 48.5 Å². The Labute approximate surface area is 150 Å². The fraction of sp³-hybridized carbons (Fsp3) is 0.333. The predicted molar refractivity (Wildman–Crippen MR) is 103 cm³/mol. The van der Waals surface area contributed by atoms with Gasteiger partial charge in [0.25, 0.3) is 0 Å². The molecule has 0 unspecified atom stereocenters. The monoisotopic (exact) mass is 338 g/mol. The molecule has 1 N–H and O–H groups in total. The fourth-order valence-electron chi connectivity index (χ4n) is 3.30. The maximum absolute atomic E-state index is 10.5. The van der Waals surface area contributed by atoms with Gasteiger partial charge in [-0.1, -0.05) is 30.4 Å². The number of benzene rings is 2. The van der Waals surface area contributed by atoms with Gasteiger partial charge in [-0.15, -0.1) is 0 Å². The Balaban J connectivity index is 1.68. The number of piperazine rings is 1. The van der Waals surface area contributed by atoms with Crippen molar-refractivity contribution in [1.29, 1.82) is 0 Å². The number of allylic oxidation sites excluding steroid dienone is 1. The van der Waals surface area contributed by atoms with Crippen LogP contribution in [0.2, 0.25) is 0 Å². The number of rotatable bonds is 5. The molecule has 0 bridgehead atoms. The zero-order valence-corrected chi connectivity index (χ0v) is 15.0. The third kappa shape index (κ3) is 4.15. The number of hydrogen-bond acceptors (Lipinski definition) is 4. The van der Waals surface area contributed by atoms with E-state index in [9.17, 15) is 5.11 Å². The molecule has 0 aromatic heterocycles. The van der Waals surface area contributed by atoms with Crippen molar-refractivity contribution in [2.45, 2.75) is 13.5 Å². The van der Waals surface area contributed by atoms with E-state index in [1.54, 1.807) is 7.11 Å². The van der Waals surface area contributed by atoms with E-state index in [1.807, 2.05) is 37.3 Å². The van der Waals surface area contributed by atoms with E-state index in [4.69, 9.17) is 4.74 Å². The average Bonchev–Trinajstić information content (AvgIpc) is 2.66. The van der Waals surface area contributed by atoms with Gasteiger partial charge in [0.05, 0.1) is 7.11 Å². The van der Waals surface area contributed by atoms with Gasteiger partial charge in [0.15, 0.2) is 11.5 Å². The summed E-state index contributed by atoms with van der Waals surface area (Å²) in [4.78, 5) is 4.79. The van der Waals surface area contributed by atoms with Crippen molar-refractivity contribution in [3.8, 4) is 11.5 Å². The van der Waals surface area contributed by atoms with E-state index in [2.05, 4.69) is 34.1 Å². The molecule has 1 fully saturated rings. The number of anilines is 1. The van der Waals surface area contributed by atoms with Crippen LogP contribution < -0.4 is 9.64 Å². The smallest absolute Gasteiger partial charge is 0.162 e. The summed E-state index contributed by atoms with van der Waals surface area (Å²) in [6.45, 7) is 6.67. The van der Waals surface area contributed by atoms with Crippen molar-refractivity contribution in [2.24, 2.45) is 0 Å². The van der Waals surface area contributed by atoms with Crippen LogP contribution >= 0.6 is 0 Å². The summed E-state index contributed by atoms with van der Waals surface area (Å²) in [5, 5.41) is 10.5. The number of phenols is 1. The summed E-state index contributed by atoms with van der Waals surface area (Å²) in [5.41, 5.74) is 3.25. The van der Waals surface area contributed by atoms with Crippen LogP contribution in [0.5, 0.6) is 11.5 Å². The van der Waals surface area contributed by atoms with Gasteiger partial charge < -0.3 is 14.7 Å². The maximum Gasteiger partial charge on any atom is 0.162 e. The standard InChI is InChI=1S/C21H26N2O2/c1-3-7-17-14-18(21(24)20(15-17)25-2)16-22-10-12-23(13-11-22)19-8-5-4-6-9-19/h3-9,14-15,24H,10-13,16H2,1-2H3/b7-3+. The number of methoxy groups -OCH3 is 1. The number of para-hydroxylation sites is 1. The Bertz CT molecular complexity index is 720. The van der Waals surface area contributed by atoms with Gasteiger partial charge >= 0.3 is 0 Å². The molecule has 0 atom stereocenters. The molecule has 1 saturated heterocycles. The molecule has 25 heavy (non-hydrogen) atoms. The van der Waals surface area contributed by atoms with Crippen LogP contribution in [0, 0.1) is 0 Å². The number of ether oxygens (including phenoxy) is 1. The summed E-state index contributed by atoms with van der Waals surface area (Å²) < 4.78 is 5.33. The van der Waals surface area contributed by atoms with Gasteiger partial charge in [0, 0.05) is 44.0 Å². The molecule has 1 heterocycles. The lowest BCUT2D eigenvalue weighted by atomic mass is 10.1. The van der Waals surface area contributed by atoms with E-state index < -0.39 is 0 Å². The number of phenolic OH excluding ortho intramolecular Hbond substituents is 1. The lowest BCUT2D eigenvalue weighted by molar-refractivity contribution is 0.245. The second-order valence-corrected chi connectivity index (χ2v) is 6.33. The van der Waals surface area contributed by atoms with E-state index in [0.717, 1.165) is 43.9 Å². The summed E-state index contributed by atoms with van der Waals surface area (Å²) in [6, 6.07) is 14.4. The van der Waals surface area contributed by atoms with Crippen LogP contribution in [0.1, 0.15) is 18.1 Å². The summed E-state index contributed by atoms with van der Waals surface area (Å²) in [6.07, 6.45) is 4.02. The average molecular weight is 338 g/mol. The molecule has 0 saturated carbocycles. The molecular formula is C21H26N2O2. The summed E-state index contributed by atoms with van der Waals surface area (Å²) in [5.74, 6) is 0.787. The first-order chi connectivity index (χ1) is 12.2. The van der Waals surface area contributed by atoms with Gasteiger partial charge in [-0.3, -0.25) is 4.90 Å². The molecule has 132 valence electrons. The molecule has 0 aliphatic carbocycles. The molecule has 2 aromatic carbocycles. The SMILES string of the molecule is C/C=C/c1cc(CN2CCN(c3ccccc3)CC2)c(O)c(OC)c1. The topological polar surface area (TPSA) is 35.9 Å². The lowest BCUT2D eigenvalue weighted by Crippen LogP contribution is -2.45. The first-order valence-electron chi connectivity index (χ1n) is 8.76. The lowest BCUT2D eigenvalue weighted by Gasteiger charge is -2.36. The molecule has 4 heteroatoms. The first kappa shape index (κ1) is 17.4. The van der Waals surface area contributed by atoms with Gasteiger partial charge in [-0.2, -0.15) is 0 Å². The molecule has 4 nitrogen and oxygen atoms in total. The highest BCUT2D eigenvalue weighted by Gasteiger charge is 2.19. The molecule has 1 aliphatic rings. The van der Waals surface area contributed by atoms with E-state index in [1.165, 1.54) is 5.69 Å². The van der Waals surface area contributed by atoms with E-state index in [0.29, 0.717) is 5.75 Å². The highest BCUT2D eigenvalue weighted by atomic mass is 16.5. The van der Waals surface area contributed by atoms with Crippen molar-refractivity contribution in [3.05, 3.63) is 59.7 Å².